The molecule has 0 saturated carbocycles. The van der Waals surface area contributed by atoms with E-state index in [0.717, 1.165) is 17.6 Å². The van der Waals surface area contributed by atoms with Crippen LogP contribution in [-0.4, -0.2) is 11.6 Å². The van der Waals surface area contributed by atoms with Gasteiger partial charge in [0.25, 0.3) is 0 Å². The lowest BCUT2D eigenvalue weighted by Gasteiger charge is -2.17. The molecule has 4 aliphatic rings. The quantitative estimate of drug-likeness (QED) is 0.662. The van der Waals surface area contributed by atoms with E-state index in [0.29, 0.717) is 29.6 Å². The number of hydrogen-bond acceptors (Lipinski definition) is 2. The third-order valence-electron chi connectivity index (χ3n) is 4.60. The maximum Gasteiger partial charge on any atom is 0.194 e. The number of allylic oxidation sites excluding steroid dienone is 10. The molecule has 0 amide bonds. The highest BCUT2D eigenvalue weighted by molar-refractivity contribution is 6.33. The average Bonchev–Trinajstić information content (AvgIpc) is 3.04. The Morgan fingerprint density at radius 3 is 2.21 bits per heavy atom. The topological polar surface area (TPSA) is 34.1 Å². The van der Waals surface area contributed by atoms with E-state index in [1.807, 2.05) is 12.2 Å². The zero-order valence-corrected chi connectivity index (χ0v) is 11.1. The van der Waals surface area contributed by atoms with Crippen molar-refractivity contribution in [2.24, 2.45) is 0 Å². The molecule has 0 aromatic rings. The highest BCUT2D eigenvalue weighted by Gasteiger charge is 2.43. The fraction of sp³-hybridized carbons (Fsp3) is 0.294. The second-order valence-corrected chi connectivity index (χ2v) is 5.75. The maximum absolute atomic E-state index is 12.7. The third-order valence-corrected chi connectivity index (χ3v) is 4.60. The molecule has 0 saturated heterocycles. The lowest BCUT2D eigenvalue weighted by molar-refractivity contribution is -0.116. The van der Waals surface area contributed by atoms with Gasteiger partial charge in [0.05, 0.1) is 0 Å². The molecular weight excluding hydrogens is 236 g/mol. The number of carbonyl (C=O) groups is 2. The van der Waals surface area contributed by atoms with Gasteiger partial charge < -0.3 is 0 Å². The summed E-state index contributed by atoms with van der Waals surface area (Å²) in [7, 11) is 0. The first-order chi connectivity index (χ1) is 9.09. The summed E-state index contributed by atoms with van der Waals surface area (Å²) >= 11 is 0. The van der Waals surface area contributed by atoms with Gasteiger partial charge in [-0.3, -0.25) is 9.59 Å². The minimum absolute atomic E-state index is 0.0670. The third kappa shape index (κ3) is 1.17. The van der Waals surface area contributed by atoms with Gasteiger partial charge in [0, 0.05) is 28.7 Å². The fourth-order valence-corrected chi connectivity index (χ4v) is 3.77. The van der Waals surface area contributed by atoms with Gasteiger partial charge in [-0.25, -0.2) is 0 Å². The summed E-state index contributed by atoms with van der Waals surface area (Å²) in [5.41, 5.74) is 7.58. The number of carbonyl (C=O) groups excluding carboxylic acids is 2. The van der Waals surface area contributed by atoms with E-state index >= 15 is 0 Å². The van der Waals surface area contributed by atoms with Crippen molar-refractivity contribution in [3.8, 4) is 0 Å². The van der Waals surface area contributed by atoms with Gasteiger partial charge in [0.1, 0.15) is 0 Å². The fourth-order valence-electron chi connectivity index (χ4n) is 3.77. The molecule has 94 valence electrons. The molecule has 0 aromatic heterocycles. The standard InChI is InChI=1S/C17H14O2/c1-8-6-9(2)14-12(8)7-13-15(14)17(19)11-5-3-4-10(11)16(13)18/h4-5H,3,6-7H2,1-2H3. The predicted molar refractivity (Wildman–Crippen MR) is 72.5 cm³/mol. The molecule has 19 heavy (non-hydrogen) atoms. The van der Waals surface area contributed by atoms with Gasteiger partial charge in [0.15, 0.2) is 11.6 Å². The second kappa shape index (κ2) is 3.32. The molecule has 4 rings (SSSR count). The Labute approximate surface area is 111 Å². The highest BCUT2D eigenvalue weighted by atomic mass is 16.1. The molecule has 0 bridgehead atoms. The Bertz CT molecular complexity index is 733. The van der Waals surface area contributed by atoms with Crippen molar-refractivity contribution in [3.05, 3.63) is 56.7 Å². The van der Waals surface area contributed by atoms with Crippen LogP contribution in [0.3, 0.4) is 0 Å². The zero-order chi connectivity index (χ0) is 13.3. The summed E-state index contributed by atoms with van der Waals surface area (Å²) < 4.78 is 0. The number of Topliss-reactive ketones (excluding diaryl/α,β-unsaturated/α-hetero) is 2. The maximum atomic E-state index is 12.7. The van der Waals surface area contributed by atoms with Crippen molar-refractivity contribution in [2.75, 3.05) is 0 Å². The largest absolute Gasteiger partial charge is 0.289 e. The molecule has 0 radical (unpaired) electrons. The van der Waals surface area contributed by atoms with Crippen LogP contribution < -0.4 is 0 Å². The predicted octanol–water partition coefficient (Wildman–Crippen LogP) is 3.13. The minimum Gasteiger partial charge on any atom is -0.289 e. The van der Waals surface area contributed by atoms with Crippen molar-refractivity contribution < 1.29 is 9.59 Å². The van der Waals surface area contributed by atoms with Gasteiger partial charge in [-0.05, 0) is 37.8 Å². The molecule has 0 spiro atoms. The van der Waals surface area contributed by atoms with Crippen molar-refractivity contribution in [2.45, 2.75) is 33.1 Å². The van der Waals surface area contributed by atoms with E-state index in [4.69, 9.17) is 0 Å². The van der Waals surface area contributed by atoms with Crippen LogP contribution in [0, 0.1) is 0 Å². The Kier molecular flexibility index (Phi) is 1.91. The van der Waals surface area contributed by atoms with Gasteiger partial charge >= 0.3 is 0 Å². The van der Waals surface area contributed by atoms with Gasteiger partial charge in [-0.2, -0.15) is 0 Å². The van der Waals surface area contributed by atoms with Crippen molar-refractivity contribution in [1.82, 2.24) is 0 Å². The van der Waals surface area contributed by atoms with Crippen LogP contribution in [0.25, 0.3) is 0 Å². The summed E-state index contributed by atoms with van der Waals surface area (Å²) in [6, 6.07) is 0. The van der Waals surface area contributed by atoms with Crippen LogP contribution in [0.1, 0.15) is 33.1 Å². The summed E-state index contributed by atoms with van der Waals surface area (Å²) in [5, 5.41) is 0. The Hall–Kier alpha value is -1.96. The molecule has 0 aromatic carbocycles. The molecule has 0 atom stereocenters. The van der Waals surface area contributed by atoms with E-state index in [1.54, 1.807) is 0 Å². The van der Waals surface area contributed by atoms with Crippen LogP contribution in [0.15, 0.2) is 56.7 Å². The first-order valence-corrected chi connectivity index (χ1v) is 6.72. The molecular formula is C17H14O2. The SMILES string of the molecule is CC1=C2CC3=C(C(=O)C4=CCC=C4C3=O)C2=C(C)C1. The van der Waals surface area contributed by atoms with Crippen LogP contribution in [0.5, 0.6) is 0 Å². The number of hydrogen-bond donors (Lipinski definition) is 0. The van der Waals surface area contributed by atoms with Crippen LogP contribution in [-0.2, 0) is 9.59 Å². The molecule has 0 unspecified atom stereocenters. The Balaban J connectivity index is 2.00. The van der Waals surface area contributed by atoms with E-state index < -0.39 is 0 Å². The first-order valence-electron chi connectivity index (χ1n) is 6.72. The molecule has 0 heterocycles. The summed E-state index contributed by atoms with van der Waals surface area (Å²) in [6.45, 7) is 4.19. The van der Waals surface area contributed by atoms with Crippen molar-refractivity contribution in [1.29, 1.82) is 0 Å². The number of fused-ring (bicyclic) bond motifs is 3. The van der Waals surface area contributed by atoms with Crippen LogP contribution in [0.4, 0.5) is 0 Å². The monoisotopic (exact) mass is 250 g/mol. The van der Waals surface area contributed by atoms with Crippen molar-refractivity contribution >= 4 is 11.6 Å². The minimum atomic E-state index is 0.0670. The summed E-state index contributed by atoms with van der Waals surface area (Å²) in [4.78, 5) is 25.2. The van der Waals surface area contributed by atoms with E-state index in [9.17, 15) is 9.59 Å². The summed E-state index contributed by atoms with van der Waals surface area (Å²) in [6.07, 6.45) is 6.09. The Morgan fingerprint density at radius 2 is 1.47 bits per heavy atom. The number of rotatable bonds is 0. The van der Waals surface area contributed by atoms with Crippen LogP contribution in [0.2, 0.25) is 0 Å². The second-order valence-electron chi connectivity index (χ2n) is 5.75. The molecule has 2 heteroatoms. The normalized spacial score (nSPS) is 24.9. The van der Waals surface area contributed by atoms with Crippen LogP contribution >= 0.6 is 0 Å². The molecule has 0 N–H and O–H groups in total. The van der Waals surface area contributed by atoms with Gasteiger partial charge in [-0.15, -0.1) is 0 Å². The highest BCUT2D eigenvalue weighted by Crippen LogP contribution is 2.50. The lowest BCUT2D eigenvalue weighted by atomic mass is 9.83. The smallest absolute Gasteiger partial charge is 0.194 e. The van der Waals surface area contributed by atoms with E-state index in [2.05, 4.69) is 13.8 Å². The van der Waals surface area contributed by atoms with E-state index in [-0.39, 0.29) is 11.6 Å². The molecule has 0 fully saturated rings. The molecule has 4 aliphatic carbocycles. The van der Waals surface area contributed by atoms with E-state index in [1.165, 1.54) is 16.7 Å². The average molecular weight is 250 g/mol. The first kappa shape index (κ1) is 10.9. The van der Waals surface area contributed by atoms with Gasteiger partial charge in [0.2, 0.25) is 0 Å². The summed E-state index contributed by atoms with van der Waals surface area (Å²) in [5.74, 6) is 0.144. The zero-order valence-electron chi connectivity index (χ0n) is 11.1. The van der Waals surface area contributed by atoms with Gasteiger partial charge in [-0.1, -0.05) is 23.3 Å². The van der Waals surface area contributed by atoms with Crippen molar-refractivity contribution in [3.63, 3.8) is 0 Å². The molecule has 2 nitrogen and oxygen atoms in total. The number of ketones is 2. The Morgan fingerprint density at radius 1 is 0.789 bits per heavy atom. The molecule has 0 aliphatic heterocycles. The lowest BCUT2D eigenvalue weighted by Crippen LogP contribution is -2.21.